The predicted molar refractivity (Wildman–Crippen MR) is 121 cm³/mol. The average Bonchev–Trinajstić information content (AvgIpc) is 2.69. The normalized spacial score (nSPS) is 14.6. The van der Waals surface area contributed by atoms with E-state index in [9.17, 15) is 0 Å². The molecule has 0 amide bonds. The summed E-state index contributed by atoms with van der Waals surface area (Å²) in [5, 5.41) is 6.70. The number of hydrogen-bond acceptors (Lipinski definition) is 4. The van der Waals surface area contributed by atoms with Gasteiger partial charge in [0.15, 0.2) is 17.5 Å². The van der Waals surface area contributed by atoms with Crippen LogP contribution in [0, 0.1) is 12.3 Å². The lowest BCUT2D eigenvalue weighted by Crippen LogP contribution is -2.42. The second-order valence-electron chi connectivity index (χ2n) is 6.23. The van der Waals surface area contributed by atoms with Gasteiger partial charge in [-0.15, -0.1) is 30.4 Å². The average molecular weight is 486 g/mol. The molecule has 0 spiro atoms. The van der Waals surface area contributed by atoms with E-state index in [1.165, 1.54) is 32.4 Å². The minimum absolute atomic E-state index is 0. The topological polar surface area (TPSA) is 58.1 Å². The van der Waals surface area contributed by atoms with Crippen molar-refractivity contribution in [2.75, 3.05) is 46.9 Å². The first-order valence-corrected chi connectivity index (χ1v) is 9.17. The first kappa shape index (κ1) is 23.4. The van der Waals surface area contributed by atoms with Gasteiger partial charge in [0.05, 0.1) is 7.11 Å². The van der Waals surface area contributed by atoms with E-state index in [1.54, 1.807) is 14.2 Å². The summed E-state index contributed by atoms with van der Waals surface area (Å²) in [5.41, 5.74) is 1.07. The Labute approximate surface area is 180 Å². The zero-order valence-electron chi connectivity index (χ0n) is 16.3. The van der Waals surface area contributed by atoms with E-state index >= 15 is 0 Å². The summed E-state index contributed by atoms with van der Waals surface area (Å²) in [6, 6.07) is 5.81. The predicted octanol–water partition coefficient (Wildman–Crippen LogP) is 2.48. The number of rotatable bonds is 8. The van der Waals surface area contributed by atoms with Crippen LogP contribution in [-0.2, 0) is 6.54 Å². The third-order valence-corrected chi connectivity index (χ3v) is 4.39. The van der Waals surface area contributed by atoms with Gasteiger partial charge in [0, 0.05) is 26.7 Å². The van der Waals surface area contributed by atoms with Crippen molar-refractivity contribution in [3.05, 3.63) is 23.8 Å². The molecule has 6 nitrogen and oxygen atoms in total. The fourth-order valence-corrected chi connectivity index (χ4v) is 2.99. The number of nitrogens with one attached hydrogen (secondary N) is 2. The van der Waals surface area contributed by atoms with Gasteiger partial charge in [-0.25, -0.2) is 0 Å². The number of guanidine groups is 1. The minimum atomic E-state index is 0. The summed E-state index contributed by atoms with van der Waals surface area (Å²) >= 11 is 0. The standard InChI is InChI=1S/C20H30N4O2.HI/c1-4-14-26-19-15-17(8-9-18(19)25-3)16-23-20(21-2)22-10-13-24-11-6-5-7-12-24;/h1,8-9,15H,5-7,10-14,16H2,2-3H3,(H2,21,22,23);1H. The molecule has 0 aliphatic carbocycles. The van der Waals surface area contributed by atoms with Gasteiger partial charge in [-0.1, -0.05) is 18.4 Å². The van der Waals surface area contributed by atoms with Gasteiger partial charge in [0.25, 0.3) is 0 Å². The fourth-order valence-electron chi connectivity index (χ4n) is 2.99. The summed E-state index contributed by atoms with van der Waals surface area (Å²) in [6.45, 7) is 5.21. The van der Waals surface area contributed by atoms with Gasteiger partial charge in [-0.05, 0) is 43.6 Å². The lowest BCUT2D eigenvalue weighted by atomic mass is 10.1. The van der Waals surface area contributed by atoms with Gasteiger partial charge in [0.2, 0.25) is 0 Å². The molecule has 27 heavy (non-hydrogen) atoms. The van der Waals surface area contributed by atoms with Crippen LogP contribution in [0.4, 0.5) is 0 Å². The maximum absolute atomic E-state index is 5.54. The van der Waals surface area contributed by atoms with E-state index in [-0.39, 0.29) is 30.6 Å². The first-order valence-electron chi connectivity index (χ1n) is 9.17. The highest BCUT2D eigenvalue weighted by Crippen LogP contribution is 2.27. The molecule has 0 bridgehead atoms. The lowest BCUT2D eigenvalue weighted by molar-refractivity contribution is 0.232. The van der Waals surface area contributed by atoms with E-state index in [0.717, 1.165) is 24.6 Å². The highest BCUT2D eigenvalue weighted by Gasteiger charge is 2.10. The van der Waals surface area contributed by atoms with Crippen molar-refractivity contribution in [1.82, 2.24) is 15.5 Å². The molecule has 150 valence electrons. The molecule has 0 radical (unpaired) electrons. The van der Waals surface area contributed by atoms with Crippen LogP contribution in [0.1, 0.15) is 24.8 Å². The number of ether oxygens (including phenoxy) is 2. The van der Waals surface area contributed by atoms with Crippen LogP contribution in [0.15, 0.2) is 23.2 Å². The molecule has 2 N–H and O–H groups in total. The number of aliphatic imine (C=N–C) groups is 1. The van der Waals surface area contributed by atoms with Gasteiger partial charge < -0.3 is 25.0 Å². The molecule has 0 unspecified atom stereocenters. The Morgan fingerprint density at radius 3 is 2.67 bits per heavy atom. The van der Waals surface area contributed by atoms with E-state index in [4.69, 9.17) is 15.9 Å². The summed E-state index contributed by atoms with van der Waals surface area (Å²) in [5.74, 6) is 4.59. The highest BCUT2D eigenvalue weighted by molar-refractivity contribution is 14.0. The van der Waals surface area contributed by atoms with E-state index in [2.05, 4.69) is 26.4 Å². The van der Waals surface area contributed by atoms with Crippen LogP contribution in [0.25, 0.3) is 0 Å². The van der Waals surface area contributed by atoms with Gasteiger partial charge in [-0.2, -0.15) is 0 Å². The number of piperidine rings is 1. The maximum Gasteiger partial charge on any atom is 0.191 e. The maximum atomic E-state index is 5.54. The van der Waals surface area contributed by atoms with Crippen LogP contribution in [0.3, 0.4) is 0 Å². The quantitative estimate of drug-likeness (QED) is 0.256. The number of hydrogen-bond donors (Lipinski definition) is 2. The van der Waals surface area contributed by atoms with E-state index in [0.29, 0.717) is 18.0 Å². The molecule has 1 aliphatic heterocycles. The second-order valence-corrected chi connectivity index (χ2v) is 6.23. The van der Waals surface area contributed by atoms with Crippen LogP contribution in [0.5, 0.6) is 11.5 Å². The Balaban J connectivity index is 0.00000364. The zero-order chi connectivity index (χ0) is 18.6. The summed E-state index contributed by atoms with van der Waals surface area (Å²) in [6.07, 6.45) is 9.26. The van der Waals surface area contributed by atoms with Crippen LogP contribution in [-0.4, -0.2) is 57.8 Å². The van der Waals surface area contributed by atoms with E-state index in [1.807, 2.05) is 18.2 Å². The third-order valence-electron chi connectivity index (χ3n) is 4.39. The van der Waals surface area contributed by atoms with Crippen LogP contribution in [0.2, 0.25) is 0 Å². The molecule has 1 aromatic carbocycles. The molecule has 2 rings (SSSR count). The molecule has 0 aromatic heterocycles. The molecule has 0 saturated carbocycles. The van der Waals surface area contributed by atoms with Gasteiger partial charge in [-0.3, -0.25) is 4.99 Å². The Bertz CT molecular complexity index is 625. The van der Waals surface area contributed by atoms with Crippen molar-refractivity contribution in [1.29, 1.82) is 0 Å². The summed E-state index contributed by atoms with van der Waals surface area (Å²) < 4.78 is 10.8. The number of benzene rings is 1. The monoisotopic (exact) mass is 486 g/mol. The Morgan fingerprint density at radius 1 is 1.22 bits per heavy atom. The van der Waals surface area contributed by atoms with Crippen LogP contribution >= 0.6 is 24.0 Å². The van der Waals surface area contributed by atoms with Crippen molar-refractivity contribution in [2.24, 2.45) is 4.99 Å². The molecular weight excluding hydrogens is 455 g/mol. The third kappa shape index (κ3) is 8.26. The van der Waals surface area contributed by atoms with Gasteiger partial charge in [0.1, 0.15) is 6.61 Å². The number of likely N-dealkylation sites (tertiary alicyclic amines) is 1. The molecule has 1 aromatic rings. The molecule has 1 aliphatic rings. The van der Waals surface area contributed by atoms with Gasteiger partial charge >= 0.3 is 0 Å². The Hall–Kier alpha value is -1.66. The molecule has 1 saturated heterocycles. The molecule has 0 atom stereocenters. The van der Waals surface area contributed by atoms with E-state index < -0.39 is 0 Å². The SMILES string of the molecule is C#CCOc1cc(CNC(=NC)NCCN2CCCCC2)ccc1OC.I. The minimum Gasteiger partial charge on any atom is -0.493 e. The van der Waals surface area contributed by atoms with Crippen LogP contribution < -0.4 is 20.1 Å². The Morgan fingerprint density at radius 2 is 2.00 bits per heavy atom. The summed E-state index contributed by atoms with van der Waals surface area (Å²) in [7, 11) is 3.40. The number of methoxy groups -OCH3 is 1. The Kier molecular flexibility index (Phi) is 11.7. The number of nitrogens with zero attached hydrogens (tertiary/aromatic N) is 2. The smallest absolute Gasteiger partial charge is 0.191 e. The van der Waals surface area contributed by atoms with Crippen molar-refractivity contribution in [3.8, 4) is 23.8 Å². The molecule has 1 fully saturated rings. The van der Waals surface area contributed by atoms with Crippen molar-refractivity contribution in [2.45, 2.75) is 25.8 Å². The zero-order valence-corrected chi connectivity index (χ0v) is 18.6. The second kappa shape index (κ2) is 13.5. The van der Waals surface area contributed by atoms with Crippen molar-refractivity contribution < 1.29 is 9.47 Å². The van der Waals surface area contributed by atoms with Crippen molar-refractivity contribution in [3.63, 3.8) is 0 Å². The highest BCUT2D eigenvalue weighted by atomic mass is 127. The molecular formula is C20H31IN4O2. The van der Waals surface area contributed by atoms with Crippen molar-refractivity contribution >= 4 is 29.9 Å². The first-order chi connectivity index (χ1) is 12.8. The number of halogens is 1. The fraction of sp³-hybridized carbons (Fsp3) is 0.550. The largest absolute Gasteiger partial charge is 0.493 e. The molecule has 7 heteroatoms. The lowest BCUT2D eigenvalue weighted by Gasteiger charge is -2.26. The molecule has 1 heterocycles. The number of terminal acetylenes is 1. The summed E-state index contributed by atoms with van der Waals surface area (Å²) in [4.78, 5) is 6.79.